The summed E-state index contributed by atoms with van der Waals surface area (Å²) < 4.78 is 22.2. The van der Waals surface area contributed by atoms with E-state index in [2.05, 4.69) is 15.0 Å². The number of alkyl halides is 1. The maximum absolute atomic E-state index is 12.6. The first kappa shape index (κ1) is 19.0. The van der Waals surface area contributed by atoms with Crippen LogP contribution in [0.2, 0.25) is 10.0 Å². The van der Waals surface area contributed by atoms with Crippen molar-refractivity contribution in [3.63, 3.8) is 0 Å². The number of esters is 1. The number of amides is 1. The van der Waals surface area contributed by atoms with E-state index in [4.69, 9.17) is 27.9 Å². The number of methoxy groups -OCH3 is 1. The monoisotopic (exact) mass is 386 g/mol. The molecule has 0 aliphatic heterocycles. The van der Waals surface area contributed by atoms with Gasteiger partial charge in [0.05, 0.1) is 23.5 Å². The third-order valence-corrected chi connectivity index (χ3v) is 3.69. The maximum atomic E-state index is 12.6. The minimum Gasteiger partial charge on any atom is -0.464 e. The summed E-state index contributed by atoms with van der Waals surface area (Å²) in [6, 6.07) is 5.93. The van der Waals surface area contributed by atoms with E-state index >= 15 is 0 Å². The van der Waals surface area contributed by atoms with E-state index in [0.29, 0.717) is 10.6 Å². The molecule has 0 fully saturated rings. The van der Waals surface area contributed by atoms with Crippen LogP contribution in [0.3, 0.4) is 0 Å². The lowest BCUT2D eigenvalue weighted by molar-refractivity contribution is -0.114. The minimum absolute atomic E-state index is 0.0762. The molecule has 6 nitrogen and oxygen atoms in total. The van der Waals surface area contributed by atoms with Crippen molar-refractivity contribution in [2.24, 2.45) is 0 Å². The summed E-state index contributed by atoms with van der Waals surface area (Å²) in [6.07, 6.45) is 0. The molecule has 0 bridgehead atoms. The molecule has 132 valence electrons. The highest BCUT2D eigenvalue weighted by Crippen LogP contribution is 2.36. The Morgan fingerprint density at radius 3 is 2.60 bits per heavy atom. The number of hydrogen-bond donors (Lipinski definition) is 1. The van der Waals surface area contributed by atoms with Crippen LogP contribution in [0.25, 0.3) is 11.3 Å². The van der Waals surface area contributed by atoms with Crippen molar-refractivity contribution in [1.82, 2.24) is 4.98 Å². The van der Waals surface area contributed by atoms with Gasteiger partial charge in [0, 0.05) is 17.5 Å². The van der Waals surface area contributed by atoms with Gasteiger partial charge in [0.1, 0.15) is 5.75 Å². The van der Waals surface area contributed by atoms with Gasteiger partial charge in [-0.2, -0.15) is 0 Å². The first-order chi connectivity index (χ1) is 11.9. The molecule has 1 N–H and O–H groups in total. The van der Waals surface area contributed by atoms with Gasteiger partial charge in [0.15, 0.2) is 5.69 Å². The Hall–Kier alpha value is -2.38. The fraction of sp³-hybridized carbons (Fsp3) is 0.188. The van der Waals surface area contributed by atoms with E-state index in [1.807, 2.05) is 0 Å². The lowest BCUT2D eigenvalue weighted by Gasteiger charge is -2.14. The number of carbonyl (C=O) groups is 2. The van der Waals surface area contributed by atoms with Crippen LogP contribution in [0.5, 0.6) is 5.75 Å². The Morgan fingerprint density at radius 2 is 2.00 bits per heavy atom. The molecule has 0 unspecified atom stereocenters. The van der Waals surface area contributed by atoms with E-state index < -0.39 is 18.7 Å². The molecular weight excluding hydrogens is 374 g/mol. The summed E-state index contributed by atoms with van der Waals surface area (Å²) >= 11 is 12.0. The topological polar surface area (TPSA) is 77.5 Å². The van der Waals surface area contributed by atoms with Crippen LogP contribution in [0.1, 0.15) is 17.4 Å². The standard InChI is InChI=1S/C16H13Cl2FN2O4/c1-8(22)20-12-6-11(21-15(14(12)18)16(23)24-2)10-4-3-9(17)5-13(10)25-7-19/h3-6H,7H2,1-2H3,(H,20,21,22). The largest absolute Gasteiger partial charge is 0.464 e. The maximum Gasteiger partial charge on any atom is 0.358 e. The number of aromatic nitrogens is 1. The van der Waals surface area contributed by atoms with Crippen molar-refractivity contribution in [2.75, 3.05) is 19.3 Å². The molecule has 1 amide bonds. The lowest BCUT2D eigenvalue weighted by Crippen LogP contribution is -2.12. The molecule has 0 aliphatic rings. The first-order valence-corrected chi connectivity index (χ1v) is 7.68. The van der Waals surface area contributed by atoms with Gasteiger partial charge in [-0.15, -0.1) is 0 Å². The summed E-state index contributed by atoms with van der Waals surface area (Å²) in [5.41, 5.74) is 0.524. The van der Waals surface area contributed by atoms with Gasteiger partial charge in [-0.05, 0) is 24.3 Å². The second kappa shape index (κ2) is 8.13. The predicted octanol–water partition coefficient (Wildman–Crippen LogP) is 4.11. The molecule has 25 heavy (non-hydrogen) atoms. The Labute approximate surface area is 152 Å². The molecule has 0 radical (unpaired) electrons. The van der Waals surface area contributed by atoms with Crippen molar-refractivity contribution in [2.45, 2.75) is 6.92 Å². The number of benzene rings is 1. The molecule has 1 aromatic carbocycles. The van der Waals surface area contributed by atoms with Crippen LogP contribution in [0.15, 0.2) is 24.3 Å². The molecule has 0 spiro atoms. The zero-order valence-electron chi connectivity index (χ0n) is 13.2. The van der Waals surface area contributed by atoms with Crippen molar-refractivity contribution >= 4 is 40.8 Å². The molecular formula is C16H13Cl2FN2O4. The highest BCUT2D eigenvalue weighted by Gasteiger charge is 2.21. The average Bonchev–Trinajstić information content (AvgIpc) is 2.56. The number of nitrogens with zero attached hydrogens (tertiary/aromatic N) is 1. The zero-order valence-corrected chi connectivity index (χ0v) is 14.7. The summed E-state index contributed by atoms with van der Waals surface area (Å²) in [4.78, 5) is 27.5. The van der Waals surface area contributed by atoms with Crippen LogP contribution >= 0.6 is 23.2 Å². The van der Waals surface area contributed by atoms with E-state index in [9.17, 15) is 14.0 Å². The Kier molecular flexibility index (Phi) is 6.17. The van der Waals surface area contributed by atoms with Crippen LogP contribution < -0.4 is 10.1 Å². The summed E-state index contributed by atoms with van der Waals surface area (Å²) in [5, 5.41) is 2.76. The Bertz CT molecular complexity index is 830. The number of pyridine rings is 1. The van der Waals surface area contributed by atoms with Gasteiger partial charge in [0.25, 0.3) is 0 Å². The van der Waals surface area contributed by atoms with Gasteiger partial charge in [-0.1, -0.05) is 23.2 Å². The molecule has 0 saturated carbocycles. The fourth-order valence-electron chi connectivity index (χ4n) is 2.07. The van der Waals surface area contributed by atoms with Crippen LogP contribution in [0.4, 0.5) is 10.1 Å². The number of rotatable bonds is 5. The molecule has 0 atom stereocenters. The molecule has 2 rings (SSSR count). The van der Waals surface area contributed by atoms with Crippen LogP contribution in [-0.4, -0.2) is 30.8 Å². The number of halogens is 3. The Morgan fingerprint density at radius 1 is 1.28 bits per heavy atom. The zero-order chi connectivity index (χ0) is 18.6. The third-order valence-electron chi connectivity index (χ3n) is 3.08. The highest BCUT2D eigenvalue weighted by atomic mass is 35.5. The van der Waals surface area contributed by atoms with Gasteiger partial charge in [-0.25, -0.2) is 14.2 Å². The van der Waals surface area contributed by atoms with Crippen molar-refractivity contribution in [3.8, 4) is 17.0 Å². The molecule has 1 heterocycles. The summed E-state index contributed by atoms with van der Waals surface area (Å²) in [6.45, 7) is 0.206. The van der Waals surface area contributed by atoms with Gasteiger partial charge in [0.2, 0.25) is 12.8 Å². The van der Waals surface area contributed by atoms with Crippen molar-refractivity contribution < 1.29 is 23.5 Å². The second-order valence-electron chi connectivity index (χ2n) is 4.78. The summed E-state index contributed by atoms with van der Waals surface area (Å²) in [7, 11) is 1.17. The van der Waals surface area contributed by atoms with Crippen LogP contribution in [-0.2, 0) is 9.53 Å². The van der Waals surface area contributed by atoms with Crippen molar-refractivity contribution in [3.05, 3.63) is 40.0 Å². The first-order valence-electron chi connectivity index (χ1n) is 6.92. The SMILES string of the molecule is COC(=O)c1nc(-c2ccc(Cl)cc2OCF)cc(NC(C)=O)c1Cl. The number of anilines is 1. The van der Waals surface area contributed by atoms with Crippen LogP contribution in [0, 0.1) is 0 Å². The molecule has 9 heteroatoms. The normalized spacial score (nSPS) is 10.3. The van der Waals surface area contributed by atoms with Gasteiger partial charge < -0.3 is 14.8 Å². The van der Waals surface area contributed by atoms with E-state index in [0.717, 1.165) is 0 Å². The molecule has 0 aliphatic carbocycles. The predicted molar refractivity (Wildman–Crippen MR) is 91.9 cm³/mol. The lowest BCUT2D eigenvalue weighted by atomic mass is 10.1. The van der Waals surface area contributed by atoms with Crippen molar-refractivity contribution in [1.29, 1.82) is 0 Å². The number of hydrogen-bond acceptors (Lipinski definition) is 5. The van der Waals surface area contributed by atoms with E-state index in [1.165, 1.54) is 26.2 Å². The smallest absolute Gasteiger partial charge is 0.358 e. The Balaban J connectivity index is 2.69. The fourth-order valence-corrected chi connectivity index (χ4v) is 2.45. The third kappa shape index (κ3) is 4.37. The number of carbonyl (C=O) groups excluding carboxylic acids is 2. The van der Waals surface area contributed by atoms with E-state index in [1.54, 1.807) is 12.1 Å². The van der Waals surface area contributed by atoms with Gasteiger partial charge >= 0.3 is 5.97 Å². The molecule has 2 aromatic rings. The highest BCUT2D eigenvalue weighted by molar-refractivity contribution is 6.36. The average molecular weight is 387 g/mol. The molecule has 0 saturated heterocycles. The van der Waals surface area contributed by atoms with Gasteiger partial charge in [-0.3, -0.25) is 4.79 Å². The second-order valence-corrected chi connectivity index (χ2v) is 5.60. The number of nitrogens with one attached hydrogen (secondary N) is 1. The minimum atomic E-state index is -1.08. The van der Waals surface area contributed by atoms with E-state index in [-0.39, 0.29) is 27.8 Å². The molecule has 1 aromatic heterocycles. The number of ether oxygens (including phenoxy) is 2. The quantitative estimate of drug-likeness (QED) is 0.782. The summed E-state index contributed by atoms with van der Waals surface area (Å²) in [5.74, 6) is -1.07.